The van der Waals surface area contributed by atoms with Crippen LogP contribution in [-0.4, -0.2) is 65.8 Å². The average Bonchev–Trinajstić information content (AvgIpc) is 3.45. The Kier molecular flexibility index (Phi) is 6.56. The highest BCUT2D eigenvalue weighted by molar-refractivity contribution is 7.92. The molecule has 1 amide bonds. The number of halogens is 1. The van der Waals surface area contributed by atoms with Crippen LogP contribution in [0.4, 0.5) is 11.5 Å². The molecule has 36 heavy (non-hydrogen) atoms. The van der Waals surface area contributed by atoms with Crippen molar-refractivity contribution in [1.29, 1.82) is 0 Å². The number of likely N-dealkylation sites (tertiary alicyclic amines) is 1. The van der Waals surface area contributed by atoms with Crippen molar-refractivity contribution in [2.24, 2.45) is 5.73 Å². The molecule has 5 rings (SSSR count). The Balaban J connectivity index is 1.49. The molecule has 1 aromatic carbocycles. The van der Waals surface area contributed by atoms with Gasteiger partial charge in [0.1, 0.15) is 5.82 Å². The molecule has 2 aliphatic rings. The summed E-state index contributed by atoms with van der Waals surface area (Å²) in [5.41, 5.74) is 8.94. The molecule has 3 N–H and O–H groups in total. The Morgan fingerprint density at radius 3 is 2.69 bits per heavy atom. The highest BCUT2D eigenvalue weighted by Crippen LogP contribution is 2.34. The normalized spacial score (nSPS) is 20.8. The average molecular weight is 532 g/mol. The van der Waals surface area contributed by atoms with Crippen LogP contribution in [0, 0.1) is 6.92 Å². The lowest BCUT2D eigenvalue weighted by Gasteiger charge is -2.35. The lowest BCUT2D eigenvalue weighted by atomic mass is 9.98. The van der Waals surface area contributed by atoms with Gasteiger partial charge in [-0.2, -0.15) is 5.10 Å². The molecule has 12 heteroatoms. The molecule has 10 nitrogen and oxygen atoms in total. The third-order valence-electron chi connectivity index (χ3n) is 6.77. The number of anilines is 2. The van der Waals surface area contributed by atoms with E-state index in [0.29, 0.717) is 11.6 Å². The first-order chi connectivity index (χ1) is 17.1. The number of sulfonamides is 1. The summed E-state index contributed by atoms with van der Waals surface area (Å²) < 4.78 is 28.0. The van der Waals surface area contributed by atoms with E-state index in [9.17, 15) is 13.2 Å². The lowest BCUT2D eigenvalue weighted by molar-refractivity contribution is 0.0607. The van der Waals surface area contributed by atoms with Crippen LogP contribution in [0.25, 0.3) is 5.65 Å². The Morgan fingerprint density at radius 1 is 1.17 bits per heavy atom. The molecule has 2 aliphatic heterocycles. The van der Waals surface area contributed by atoms with Crippen LogP contribution in [0.5, 0.6) is 0 Å². The van der Waals surface area contributed by atoms with E-state index in [-0.39, 0.29) is 29.2 Å². The van der Waals surface area contributed by atoms with Gasteiger partial charge in [-0.1, -0.05) is 11.6 Å². The van der Waals surface area contributed by atoms with Crippen molar-refractivity contribution in [3.8, 4) is 0 Å². The van der Waals surface area contributed by atoms with Crippen LogP contribution >= 0.6 is 11.6 Å². The van der Waals surface area contributed by atoms with Crippen LogP contribution in [0.3, 0.4) is 0 Å². The van der Waals surface area contributed by atoms with Crippen LogP contribution in [0.1, 0.15) is 53.5 Å². The van der Waals surface area contributed by atoms with Crippen molar-refractivity contribution in [2.75, 3.05) is 35.5 Å². The van der Waals surface area contributed by atoms with Crippen LogP contribution in [0.15, 0.2) is 30.3 Å². The topological polar surface area (TPSA) is 126 Å². The number of carbonyl (C=O) groups is 1. The Bertz CT molecular complexity index is 1420. The number of amides is 1. The van der Waals surface area contributed by atoms with E-state index >= 15 is 0 Å². The molecule has 0 saturated carbocycles. The lowest BCUT2D eigenvalue weighted by Crippen LogP contribution is -2.39. The summed E-state index contributed by atoms with van der Waals surface area (Å²) in [5, 5.41) is 5.18. The monoisotopic (exact) mass is 531 g/mol. The SMILES string of the molecule is Cc1cc(N2CC[C@H](N)C2)nc2cc([C@H]3CCCCN3C(=O)c3cc(Cl)ccc3NS(C)(=O)=O)nn12. The van der Waals surface area contributed by atoms with Gasteiger partial charge < -0.3 is 15.5 Å². The molecular weight excluding hydrogens is 502 g/mol. The van der Waals surface area contributed by atoms with E-state index < -0.39 is 10.0 Å². The minimum Gasteiger partial charge on any atom is -0.355 e. The maximum absolute atomic E-state index is 13.7. The minimum atomic E-state index is -3.58. The first kappa shape index (κ1) is 24.8. The largest absolute Gasteiger partial charge is 0.355 e. The molecule has 0 unspecified atom stereocenters. The van der Waals surface area contributed by atoms with Crippen molar-refractivity contribution in [3.63, 3.8) is 0 Å². The van der Waals surface area contributed by atoms with Gasteiger partial charge >= 0.3 is 0 Å². The number of aryl methyl sites for hydroxylation is 1. The third-order valence-corrected chi connectivity index (χ3v) is 7.60. The smallest absolute Gasteiger partial charge is 0.256 e. The molecule has 2 aromatic heterocycles. The Labute approximate surface area is 215 Å². The molecule has 0 aliphatic carbocycles. The first-order valence-corrected chi connectivity index (χ1v) is 14.3. The summed E-state index contributed by atoms with van der Waals surface area (Å²) in [4.78, 5) is 22.5. The first-order valence-electron chi connectivity index (χ1n) is 12.1. The highest BCUT2D eigenvalue weighted by Gasteiger charge is 2.32. The predicted octanol–water partition coefficient (Wildman–Crippen LogP) is 2.97. The molecule has 0 spiro atoms. The molecule has 3 aromatic rings. The number of hydrogen-bond acceptors (Lipinski definition) is 7. The number of fused-ring (bicyclic) bond motifs is 1. The summed E-state index contributed by atoms with van der Waals surface area (Å²) in [6.45, 7) is 4.17. The number of benzene rings is 1. The number of nitrogens with one attached hydrogen (secondary N) is 1. The van der Waals surface area contributed by atoms with Crippen molar-refractivity contribution in [1.82, 2.24) is 19.5 Å². The number of carbonyl (C=O) groups excluding carboxylic acids is 1. The summed E-state index contributed by atoms with van der Waals surface area (Å²) in [7, 11) is -3.58. The second-order valence-corrected chi connectivity index (χ2v) is 11.8. The van der Waals surface area contributed by atoms with Crippen LogP contribution in [-0.2, 0) is 10.0 Å². The van der Waals surface area contributed by atoms with Gasteiger partial charge in [-0.3, -0.25) is 9.52 Å². The van der Waals surface area contributed by atoms with E-state index in [0.717, 1.165) is 67.9 Å². The summed E-state index contributed by atoms with van der Waals surface area (Å²) in [5.74, 6) is 0.591. The van der Waals surface area contributed by atoms with Gasteiger partial charge in [0, 0.05) is 48.5 Å². The molecule has 192 valence electrons. The second kappa shape index (κ2) is 9.53. The van der Waals surface area contributed by atoms with E-state index in [1.807, 2.05) is 23.6 Å². The maximum atomic E-state index is 13.7. The summed E-state index contributed by atoms with van der Waals surface area (Å²) in [6, 6.07) is 8.42. The van der Waals surface area contributed by atoms with Crippen molar-refractivity contribution < 1.29 is 13.2 Å². The molecular formula is C24H30ClN7O3S. The molecule has 0 radical (unpaired) electrons. The zero-order valence-corrected chi connectivity index (χ0v) is 21.9. The van der Waals surface area contributed by atoms with Gasteiger partial charge in [-0.05, 0) is 50.8 Å². The molecule has 0 bridgehead atoms. The summed E-state index contributed by atoms with van der Waals surface area (Å²) >= 11 is 6.19. The number of piperidine rings is 1. The zero-order chi connectivity index (χ0) is 25.6. The fourth-order valence-corrected chi connectivity index (χ4v) is 5.81. The Hall–Kier alpha value is -2.89. The molecule has 2 fully saturated rings. The van der Waals surface area contributed by atoms with Gasteiger partial charge in [-0.25, -0.2) is 17.9 Å². The standard InChI is InChI=1S/C24H30ClN7O3S/c1-15-11-22(30-10-8-17(26)14-30)27-23-13-20(28-32(15)23)21-5-3-4-9-31(21)24(33)18-12-16(25)6-7-19(18)29-36(2,34)35/h6-7,11-13,17,21,29H,3-5,8-10,14,26H2,1-2H3/t17-,21+/m0/s1. The van der Waals surface area contributed by atoms with Crippen LogP contribution < -0.4 is 15.4 Å². The Morgan fingerprint density at radius 2 is 1.97 bits per heavy atom. The minimum absolute atomic E-state index is 0.152. The number of hydrogen-bond donors (Lipinski definition) is 2. The quantitative estimate of drug-likeness (QED) is 0.518. The fourth-order valence-electron chi connectivity index (χ4n) is 5.07. The van der Waals surface area contributed by atoms with Gasteiger partial charge in [0.25, 0.3) is 5.91 Å². The van der Waals surface area contributed by atoms with Crippen LogP contribution in [0.2, 0.25) is 5.02 Å². The number of rotatable bonds is 5. The maximum Gasteiger partial charge on any atom is 0.256 e. The van der Waals surface area contributed by atoms with Gasteiger partial charge in [0.2, 0.25) is 10.0 Å². The van der Waals surface area contributed by atoms with Crippen molar-refractivity contribution in [2.45, 2.75) is 44.7 Å². The molecule has 2 saturated heterocycles. The predicted molar refractivity (Wildman–Crippen MR) is 140 cm³/mol. The summed E-state index contributed by atoms with van der Waals surface area (Å²) in [6.07, 6.45) is 4.54. The van der Waals surface area contributed by atoms with Crippen molar-refractivity contribution in [3.05, 3.63) is 52.3 Å². The molecule has 4 heterocycles. The zero-order valence-electron chi connectivity index (χ0n) is 20.3. The molecule has 2 atom stereocenters. The van der Waals surface area contributed by atoms with E-state index in [2.05, 4.69) is 9.62 Å². The van der Waals surface area contributed by atoms with Gasteiger partial charge in [0.05, 0.1) is 29.2 Å². The number of aromatic nitrogens is 3. The second-order valence-electron chi connectivity index (χ2n) is 9.66. The van der Waals surface area contributed by atoms with Gasteiger partial charge in [0.15, 0.2) is 5.65 Å². The van der Waals surface area contributed by atoms with E-state index in [1.165, 1.54) is 12.1 Å². The van der Waals surface area contributed by atoms with Gasteiger partial charge in [-0.15, -0.1) is 0 Å². The third kappa shape index (κ3) is 5.00. The highest BCUT2D eigenvalue weighted by atomic mass is 35.5. The van der Waals surface area contributed by atoms with E-state index in [4.69, 9.17) is 27.4 Å². The fraction of sp³-hybridized carbons (Fsp3) is 0.458. The number of nitrogens with two attached hydrogens (primary N) is 1. The van der Waals surface area contributed by atoms with Crippen molar-refractivity contribution >= 4 is 44.7 Å². The van der Waals surface area contributed by atoms with E-state index in [1.54, 1.807) is 11.0 Å². The number of nitrogens with zero attached hydrogens (tertiary/aromatic N) is 5.